The predicted octanol–water partition coefficient (Wildman–Crippen LogP) is 2.32. The van der Waals surface area contributed by atoms with Crippen LogP contribution in [-0.2, 0) is 0 Å². The van der Waals surface area contributed by atoms with Crippen molar-refractivity contribution >= 4 is 27.4 Å². The van der Waals surface area contributed by atoms with Crippen LogP contribution in [0.4, 0.5) is 11.4 Å². The summed E-state index contributed by atoms with van der Waals surface area (Å²) in [5.74, 6) is 0. The third kappa shape index (κ3) is 2.27. The second-order valence-electron chi connectivity index (χ2n) is 2.48. The number of hydrogen-bond donors (Lipinski definition) is 2. The van der Waals surface area contributed by atoms with E-state index in [1.807, 2.05) is 31.2 Å². The molecular formula is C9H14N2S. The number of nitrogens with two attached hydrogens (primary N) is 1. The fourth-order valence-corrected chi connectivity index (χ4v) is 1.47. The minimum Gasteiger partial charge on any atom is -0.397 e. The zero-order valence-electron chi connectivity index (χ0n) is 7.37. The number of hydrogen-bond acceptors (Lipinski definition) is 2. The Morgan fingerprint density at radius 3 is 2.67 bits per heavy atom. The second-order valence-corrected chi connectivity index (χ2v) is 4.27. The summed E-state index contributed by atoms with van der Waals surface area (Å²) in [6, 6.07) is 7.80. The van der Waals surface area contributed by atoms with Crippen molar-refractivity contribution in [2.75, 3.05) is 16.7 Å². The normalized spacial score (nSPS) is 12.8. The largest absolute Gasteiger partial charge is 0.397 e. The Morgan fingerprint density at radius 2 is 2.08 bits per heavy atom. The standard InChI is InChI=1S/C9H14N2S/c1-3-12(2)11-9-7-5-4-6-8(9)10/h3-7,11H,10H2,1-2H3. The van der Waals surface area contributed by atoms with Crippen LogP contribution >= 0.6 is 10.7 Å². The molecular weight excluding hydrogens is 168 g/mol. The molecule has 3 heteroatoms. The summed E-state index contributed by atoms with van der Waals surface area (Å²) in [4.78, 5) is 0. The van der Waals surface area contributed by atoms with Gasteiger partial charge in [0.15, 0.2) is 0 Å². The number of anilines is 2. The summed E-state index contributed by atoms with van der Waals surface area (Å²) in [5.41, 5.74) is 7.57. The molecule has 0 heterocycles. The number of rotatable bonds is 2. The maximum absolute atomic E-state index is 5.75. The van der Waals surface area contributed by atoms with Gasteiger partial charge in [0.25, 0.3) is 0 Å². The molecule has 0 fully saturated rings. The molecule has 0 bridgehead atoms. The molecule has 66 valence electrons. The molecule has 0 radical (unpaired) electrons. The van der Waals surface area contributed by atoms with Crippen molar-refractivity contribution in [2.45, 2.75) is 6.92 Å². The monoisotopic (exact) mass is 182 g/mol. The van der Waals surface area contributed by atoms with Gasteiger partial charge in [-0.05, 0) is 30.7 Å². The van der Waals surface area contributed by atoms with Gasteiger partial charge in [-0.2, -0.15) is 0 Å². The fourth-order valence-electron chi connectivity index (χ4n) is 0.822. The Balaban J connectivity index is 2.82. The van der Waals surface area contributed by atoms with Crippen LogP contribution < -0.4 is 10.5 Å². The lowest BCUT2D eigenvalue weighted by Crippen LogP contribution is -1.94. The smallest absolute Gasteiger partial charge is 0.0668 e. The Bertz CT molecular complexity index is 294. The van der Waals surface area contributed by atoms with E-state index in [-0.39, 0.29) is 10.7 Å². The minimum atomic E-state index is 0.107. The van der Waals surface area contributed by atoms with Gasteiger partial charge < -0.3 is 10.5 Å². The van der Waals surface area contributed by atoms with Crippen LogP contribution in [0.2, 0.25) is 0 Å². The van der Waals surface area contributed by atoms with Gasteiger partial charge >= 0.3 is 0 Å². The molecule has 0 saturated heterocycles. The molecule has 12 heavy (non-hydrogen) atoms. The highest BCUT2D eigenvalue weighted by Gasteiger charge is 1.94. The number of para-hydroxylation sites is 2. The van der Waals surface area contributed by atoms with E-state index in [0.717, 1.165) is 11.4 Å². The Morgan fingerprint density at radius 1 is 1.42 bits per heavy atom. The lowest BCUT2D eigenvalue weighted by molar-refractivity contribution is 1.66. The van der Waals surface area contributed by atoms with Gasteiger partial charge in [0.2, 0.25) is 0 Å². The summed E-state index contributed by atoms with van der Waals surface area (Å²) >= 11 is 0. The summed E-state index contributed by atoms with van der Waals surface area (Å²) < 4.78 is 3.31. The minimum absolute atomic E-state index is 0.107. The lowest BCUT2D eigenvalue weighted by Gasteiger charge is -2.08. The molecule has 0 aliphatic carbocycles. The van der Waals surface area contributed by atoms with E-state index >= 15 is 0 Å². The third-order valence-electron chi connectivity index (χ3n) is 1.59. The summed E-state index contributed by atoms with van der Waals surface area (Å²) in [6.45, 7) is 2.04. The molecule has 2 nitrogen and oxygen atoms in total. The number of nitrogens with one attached hydrogen (secondary N) is 1. The maximum atomic E-state index is 5.75. The Kier molecular flexibility index (Phi) is 3.17. The molecule has 0 aliphatic rings. The molecule has 0 spiro atoms. The topological polar surface area (TPSA) is 38.0 Å². The zero-order chi connectivity index (χ0) is 8.97. The first-order chi connectivity index (χ1) is 5.74. The van der Waals surface area contributed by atoms with Crippen LogP contribution in [0.25, 0.3) is 0 Å². The van der Waals surface area contributed by atoms with E-state index in [0.29, 0.717) is 0 Å². The van der Waals surface area contributed by atoms with E-state index in [1.165, 1.54) is 0 Å². The first-order valence-corrected chi connectivity index (χ1v) is 5.49. The Labute approximate surface area is 75.8 Å². The van der Waals surface area contributed by atoms with Crippen molar-refractivity contribution in [3.8, 4) is 0 Å². The molecule has 1 unspecified atom stereocenters. The zero-order valence-corrected chi connectivity index (χ0v) is 8.19. The average Bonchev–Trinajstić information content (AvgIpc) is 2.09. The van der Waals surface area contributed by atoms with Gasteiger partial charge in [-0.3, -0.25) is 0 Å². The molecule has 0 amide bonds. The van der Waals surface area contributed by atoms with Gasteiger partial charge in [0.1, 0.15) is 0 Å². The summed E-state index contributed by atoms with van der Waals surface area (Å²) in [5, 5.41) is 2.12. The lowest BCUT2D eigenvalue weighted by atomic mass is 10.3. The molecule has 1 aromatic carbocycles. The maximum Gasteiger partial charge on any atom is 0.0668 e. The van der Waals surface area contributed by atoms with Gasteiger partial charge in [0.05, 0.1) is 11.4 Å². The average molecular weight is 182 g/mol. The van der Waals surface area contributed by atoms with Crippen LogP contribution in [0.15, 0.2) is 24.3 Å². The number of benzene rings is 1. The first kappa shape index (κ1) is 9.13. The third-order valence-corrected chi connectivity index (χ3v) is 2.83. The van der Waals surface area contributed by atoms with Crippen molar-refractivity contribution in [1.29, 1.82) is 0 Å². The van der Waals surface area contributed by atoms with E-state index in [9.17, 15) is 0 Å². The highest BCUT2D eigenvalue weighted by atomic mass is 32.2. The van der Waals surface area contributed by atoms with E-state index in [4.69, 9.17) is 5.73 Å². The van der Waals surface area contributed by atoms with Crippen LogP contribution in [0.3, 0.4) is 0 Å². The SMILES string of the molecule is C/C=S(/C)Nc1ccccc1N. The van der Waals surface area contributed by atoms with E-state index in [1.54, 1.807) is 0 Å². The van der Waals surface area contributed by atoms with Crippen molar-refractivity contribution < 1.29 is 0 Å². The summed E-state index contributed by atoms with van der Waals surface area (Å²) in [6.07, 6.45) is 2.12. The highest BCUT2D eigenvalue weighted by Crippen LogP contribution is 2.21. The quantitative estimate of drug-likeness (QED) is 0.544. The molecule has 0 aliphatic heterocycles. The molecule has 0 saturated carbocycles. The highest BCUT2D eigenvalue weighted by molar-refractivity contribution is 8.15. The van der Waals surface area contributed by atoms with Crippen molar-refractivity contribution in [1.82, 2.24) is 0 Å². The predicted molar refractivity (Wildman–Crippen MR) is 59.7 cm³/mol. The van der Waals surface area contributed by atoms with Gasteiger partial charge in [-0.15, -0.1) is 10.7 Å². The molecule has 1 atom stereocenters. The Hall–Kier alpha value is -0.960. The van der Waals surface area contributed by atoms with Crippen molar-refractivity contribution in [3.05, 3.63) is 24.3 Å². The molecule has 1 aromatic rings. The van der Waals surface area contributed by atoms with Crippen LogP contribution in [0.5, 0.6) is 0 Å². The fraction of sp³-hybridized carbons (Fsp3) is 0.222. The summed E-state index contributed by atoms with van der Waals surface area (Å²) in [7, 11) is 0.107. The molecule has 0 aromatic heterocycles. The van der Waals surface area contributed by atoms with Gasteiger partial charge in [0, 0.05) is 0 Å². The van der Waals surface area contributed by atoms with E-state index < -0.39 is 0 Å². The van der Waals surface area contributed by atoms with Gasteiger partial charge in [-0.1, -0.05) is 12.1 Å². The molecule has 1 rings (SSSR count). The van der Waals surface area contributed by atoms with Crippen molar-refractivity contribution in [3.63, 3.8) is 0 Å². The molecule has 3 N–H and O–H groups in total. The van der Waals surface area contributed by atoms with E-state index in [2.05, 4.69) is 16.3 Å². The van der Waals surface area contributed by atoms with Crippen LogP contribution in [0, 0.1) is 0 Å². The second kappa shape index (κ2) is 4.16. The first-order valence-electron chi connectivity index (χ1n) is 3.79. The van der Waals surface area contributed by atoms with Gasteiger partial charge in [-0.25, -0.2) is 0 Å². The number of nitrogen functional groups attached to an aromatic ring is 1. The van der Waals surface area contributed by atoms with Crippen LogP contribution in [-0.4, -0.2) is 11.6 Å². The van der Waals surface area contributed by atoms with Crippen molar-refractivity contribution in [2.24, 2.45) is 0 Å². The van der Waals surface area contributed by atoms with Crippen LogP contribution in [0.1, 0.15) is 6.92 Å².